The summed E-state index contributed by atoms with van der Waals surface area (Å²) in [5.74, 6) is 0.712. The van der Waals surface area contributed by atoms with E-state index < -0.39 is 5.41 Å². The third-order valence-corrected chi connectivity index (χ3v) is 9.12. The van der Waals surface area contributed by atoms with E-state index in [1.165, 1.54) is 11.1 Å². The molecule has 0 spiro atoms. The lowest BCUT2D eigenvalue weighted by atomic mass is 9.84. The van der Waals surface area contributed by atoms with Crippen molar-refractivity contribution in [1.82, 2.24) is 30.0 Å². The minimum atomic E-state index is -0.859. The SMILES string of the molecule is COc1cc2[nH]nc(-c3ccc(C4(C#N)CCN(C(=O)C5COCCN5C)C4)nc3)c2nc1-c1cccc2c1CCC2. The lowest BCUT2D eigenvalue weighted by Crippen LogP contribution is -2.53. The molecule has 3 aromatic heterocycles. The van der Waals surface area contributed by atoms with Crippen LogP contribution in [0.4, 0.5) is 0 Å². The zero-order valence-corrected chi connectivity index (χ0v) is 23.9. The molecule has 0 radical (unpaired) electrons. The summed E-state index contributed by atoms with van der Waals surface area (Å²) >= 11 is 0. The normalized spacial score (nSPS) is 22.3. The molecular weight excluding hydrogens is 530 g/mol. The third kappa shape index (κ3) is 4.32. The molecule has 2 aliphatic heterocycles. The number of nitriles is 1. The van der Waals surface area contributed by atoms with Crippen LogP contribution in [0.15, 0.2) is 42.6 Å². The maximum absolute atomic E-state index is 13.3. The molecule has 10 heteroatoms. The van der Waals surface area contributed by atoms with Crippen LogP contribution in [0.5, 0.6) is 5.75 Å². The zero-order chi connectivity index (χ0) is 28.8. The molecule has 2 saturated heterocycles. The Kier molecular flexibility index (Phi) is 6.64. The molecule has 3 aliphatic rings. The molecule has 10 nitrogen and oxygen atoms in total. The smallest absolute Gasteiger partial charge is 0.242 e. The second kappa shape index (κ2) is 10.5. The summed E-state index contributed by atoms with van der Waals surface area (Å²) in [6.07, 6.45) is 5.56. The van der Waals surface area contributed by atoms with Crippen molar-refractivity contribution in [3.05, 3.63) is 59.4 Å². The largest absolute Gasteiger partial charge is 0.494 e. The number of methoxy groups -OCH3 is 1. The number of carbonyl (C=O) groups is 1. The van der Waals surface area contributed by atoms with E-state index in [2.05, 4.69) is 34.5 Å². The molecule has 0 bridgehead atoms. The second-order valence-corrected chi connectivity index (χ2v) is 11.5. The monoisotopic (exact) mass is 563 g/mol. The minimum Gasteiger partial charge on any atom is -0.494 e. The van der Waals surface area contributed by atoms with E-state index in [0.29, 0.717) is 49.9 Å². The number of likely N-dealkylation sites (tertiary alicyclic amines) is 1. The van der Waals surface area contributed by atoms with Gasteiger partial charge in [0, 0.05) is 43.0 Å². The highest BCUT2D eigenvalue weighted by atomic mass is 16.5. The number of rotatable bonds is 5. The van der Waals surface area contributed by atoms with Crippen molar-refractivity contribution >= 4 is 16.9 Å². The number of H-pyrrole nitrogens is 1. The number of aryl methyl sites for hydroxylation is 1. The van der Waals surface area contributed by atoms with Gasteiger partial charge >= 0.3 is 0 Å². The topological polar surface area (TPSA) is 120 Å². The Morgan fingerprint density at radius 2 is 2.12 bits per heavy atom. The van der Waals surface area contributed by atoms with E-state index in [1.54, 1.807) is 18.2 Å². The zero-order valence-electron chi connectivity index (χ0n) is 23.9. The average Bonchev–Trinajstić information content (AvgIpc) is 3.79. The number of aromatic amines is 1. The maximum Gasteiger partial charge on any atom is 0.242 e. The lowest BCUT2D eigenvalue weighted by Gasteiger charge is -2.34. The number of morpholine rings is 1. The molecule has 2 atom stereocenters. The van der Waals surface area contributed by atoms with E-state index >= 15 is 0 Å². The number of hydrogen-bond donors (Lipinski definition) is 1. The molecule has 4 aromatic rings. The molecule has 1 aromatic carbocycles. The van der Waals surface area contributed by atoms with Crippen LogP contribution >= 0.6 is 0 Å². The Balaban J connectivity index is 1.19. The number of aromatic nitrogens is 4. The standard InChI is InChI=1S/C32H33N7O3/c1-38-13-14-42-17-25(38)31(40)39-12-11-32(18-33,19-39)27-10-9-21(16-34-27)28-30-24(36-37-28)15-26(41-2)29(35-30)23-8-4-6-20-5-3-7-22(20)23/h4,6,8-10,15-16,25H,3,5,7,11-14,17,19H2,1-2H3,(H,36,37). The van der Waals surface area contributed by atoms with Crippen LogP contribution in [-0.2, 0) is 27.8 Å². The summed E-state index contributed by atoms with van der Waals surface area (Å²) in [6.45, 7) is 2.56. The van der Waals surface area contributed by atoms with Crippen molar-refractivity contribution in [1.29, 1.82) is 5.26 Å². The summed E-state index contributed by atoms with van der Waals surface area (Å²) in [5.41, 5.74) is 7.43. The molecule has 42 heavy (non-hydrogen) atoms. The maximum atomic E-state index is 13.3. The number of carbonyl (C=O) groups excluding carboxylic acids is 1. The first-order valence-electron chi connectivity index (χ1n) is 14.5. The van der Waals surface area contributed by atoms with Gasteiger partial charge in [0.05, 0.1) is 37.6 Å². The van der Waals surface area contributed by atoms with Crippen LogP contribution in [-0.4, -0.2) is 88.9 Å². The highest BCUT2D eigenvalue weighted by molar-refractivity contribution is 5.93. The first kappa shape index (κ1) is 26.6. The van der Waals surface area contributed by atoms with Crippen LogP contribution in [0.25, 0.3) is 33.5 Å². The fourth-order valence-corrected chi connectivity index (χ4v) is 6.65. The molecule has 1 N–H and O–H groups in total. The molecule has 1 aliphatic carbocycles. The Labute approximate surface area is 244 Å². The van der Waals surface area contributed by atoms with Gasteiger partial charge in [-0.25, -0.2) is 4.98 Å². The molecular formula is C32H33N7O3. The van der Waals surface area contributed by atoms with Crippen LogP contribution in [0.2, 0.25) is 0 Å². The molecule has 1 amide bonds. The summed E-state index contributed by atoms with van der Waals surface area (Å²) in [6, 6.07) is 14.4. The highest BCUT2D eigenvalue weighted by Gasteiger charge is 2.45. The number of ether oxygens (including phenoxy) is 2. The Morgan fingerprint density at radius 1 is 1.21 bits per heavy atom. The van der Waals surface area contributed by atoms with Gasteiger partial charge in [-0.05, 0) is 56.0 Å². The molecule has 0 saturated carbocycles. The Bertz CT molecular complexity index is 1710. The van der Waals surface area contributed by atoms with E-state index in [1.807, 2.05) is 30.1 Å². The first-order valence-corrected chi connectivity index (χ1v) is 14.5. The van der Waals surface area contributed by atoms with Gasteiger partial charge in [0.1, 0.15) is 34.1 Å². The molecule has 214 valence electrons. The van der Waals surface area contributed by atoms with Crippen molar-refractivity contribution in [2.24, 2.45) is 0 Å². The van der Waals surface area contributed by atoms with E-state index in [9.17, 15) is 10.1 Å². The first-order chi connectivity index (χ1) is 20.5. The van der Waals surface area contributed by atoms with Gasteiger partial charge in [0.2, 0.25) is 5.91 Å². The van der Waals surface area contributed by atoms with E-state index in [-0.39, 0.29) is 11.9 Å². The second-order valence-electron chi connectivity index (χ2n) is 11.5. The third-order valence-electron chi connectivity index (χ3n) is 9.12. The quantitative estimate of drug-likeness (QED) is 0.392. The molecule has 2 fully saturated rings. The van der Waals surface area contributed by atoms with Gasteiger partial charge in [0.15, 0.2) is 0 Å². The predicted molar refractivity (Wildman–Crippen MR) is 157 cm³/mol. The fraction of sp³-hybridized carbons (Fsp3) is 0.406. The van der Waals surface area contributed by atoms with Gasteiger partial charge < -0.3 is 14.4 Å². The van der Waals surface area contributed by atoms with Crippen LogP contribution in [0.3, 0.4) is 0 Å². The number of amides is 1. The van der Waals surface area contributed by atoms with Crippen molar-refractivity contribution in [2.75, 3.05) is 47.0 Å². The number of benzene rings is 1. The summed E-state index contributed by atoms with van der Waals surface area (Å²) in [5, 5.41) is 18.0. The number of pyridine rings is 2. The molecule has 5 heterocycles. The van der Waals surface area contributed by atoms with Crippen molar-refractivity contribution in [3.63, 3.8) is 0 Å². The van der Waals surface area contributed by atoms with Gasteiger partial charge in [-0.3, -0.25) is 19.8 Å². The van der Waals surface area contributed by atoms with E-state index in [4.69, 9.17) is 19.4 Å². The van der Waals surface area contributed by atoms with Crippen LogP contribution in [0, 0.1) is 11.3 Å². The minimum absolute atomic E-state index is 0.00954. The van der Waals surface area contributed by atoms with Crippen LogP contribution in [0.1, 0.15) is 29.7 Å². The number of nitrogens with zero attached hydrogens (tertiary/aromatic N) is 6. The van der Waals surface area contributed by atoms with Gasteiger partial charge in [-0.15, -0.1) is 0 Å². The number of likely N-dealkylation sites (N-methyl/N-ethyl adjacent to an activating group) is 1. The molecule has 7 rings (SSSR count). The van der Waals surface area contributed by atoms with Gasteiger partial charge in [-0.2, -0.15) is 10.4 Å². The van der Waals surface area contributed by atoms with Crippen molar-refractivity contribution in [3.8, 4) is 34.3 Å². The van der Waals surface area contributed by atoms with Gasteiger partial charge in [-0.1, -0.05) is 18.2 Å². The fourth-order valence-electron chi connectivity index (χ4n) is 6.65. The van der Waals surface area contributed by atoms with Gasteiger partial charge in [0.25, 0.3) is 0 Å². The van der Waals surface area contributed by atoms with E-state index in [0.717, 1.165) is 53.7 Å². The van der Waals surface area contributed by atoms with Crippen molar-refractivity contribution in [2.45, 2.75) is 37.1 Å². The predicted octanol–water partition coefficient (Wildman–Crippen LogP) is 3.51. The Hall–Kier alpha value is -4.33. The highest BCUT2D eigenvalue weighted by Crippen LogP contribution is 2.39. The summed E-state index contributed by atoms with van der Waals surface area (Å²) < 4.78 is 11.3. The number of nitrogens with one attached hydrogen (secondary N) is 1. The Morgan fingerprint density at radius 3 is 2.90 bits per heavy atom. The lowest BCUT2D eigenvalue weighted by molar-refractivity contribution is -0.141. The van der Waals surface area contributed by atoms with Crippen molar-refractivity contribution < 1.29 is 14.3 Å². The average molecular weight is 564 g/mol. The molecule has 2 unspecified atom stereocenters. The number of fused-ring (bicyclic) bond motifs is 2. The number of hydrogen-bond acceptors (Lipinski definition) is 8. The summed E-state index contributed by atoms with van der Waals surface area (Å²) in [7, 11) is 3.61. The summed E-state index contributed by atoms with van der Waals surface area (Å²) in [4.78, 5) is 26.9. The van der Waals surface area contributed by atoms with Crippen LogP contribution < -0.4 is 4.74 Å².